The van der Waals surface area contributed by atoms with Gasteiger partial charge in [0.05, 0.1) is 18.3 Å². The molecule has 0 radical (unpaired) electrons. The van der Waals surface area contributed by atoms with Crippen molar-refractivity contribution in [3.63, 3.8) is 0 Å². The SMILES string of the molecule is CC(C)c1cc(CN2C[C@@H](C)O[C@@H](C)C2)cc(N[C@H]2CC[C@H](O)CC2)n1. The van der Waals surface area contributed by atoms with E-state index in [-0.39, 0.29) is 18.3 Å². The van der Waals surface area contributed by atoms with Crippen molar-refractivity contribution in [2.75, 3.05) is 18.4 Å². The number of hydrogen-bond donors (Lipinski definition) is 2. The van der Waals surface area contributed by atoms with E-state index in [0.717, 1.165) is 56.8 Å². The zero-order valence-corrected chi connectivity index (χ0v) is 16.7. The number of anilines is 1. The van der Waals surface area contributed by atoms with Crippen molar-refractivity contribution < 1.29 is 9.84 Å². The largest absolute Gasteiger partial charge is 0.393 e. The van der Waals surface area contributed by atoms with E-state index in [9.17, 15) is 5.11 Å². The minimum Gasteiger partial charge on any atom is -0.393 e. The molecule has 146 valence electrons. The number of aliphatic hydroxyl groups is 1. The minimum atomic E-state index is -0.121. The van der Waals surface area contributed by atoms with E-state index < -0.39 is 0 Å². The summed E-state index contributed by atoms with van der Waals surface area (Å²) in [5, 5.41) is 13.3. The third-order valence-corrected chi connectivity index (χ3v) is 5.45. The maximum absolute atomic E-state index is 9.72. The Balaban J connectivity index is 1.71. The number of ether oxygens (including phenoxy) is 1. The number of morpholine rings is 1. The van der Waals surface area contributed by atoms with Crippen molar-refractivity contribution in [1.82, 2.24) is 9.88 Å². The molecular weight excluding hydrogens is 326 g/mol. The van der Waals surface area contributed by atoms with Crippen molar-refractivity contribution in [2.24, 2.45) is 0 Å². The lowest BCUT2D eigenvalue weighted by Crippen LogP contribution is -2.44. The molecule has 0 bridgehead atoms. The minimum absolute atomic E-state index is 0.121. The van der Waals surface area contributed by atoms with Crippen molar-refractivity contribution in [3.05, 3.63) is 23.4 Å². The van der Waals surface area contributed by atoms with E-state index in [1.54, 1.807) is 0 Å². The summed E-state index contributed by atoms with van der Waals surface area (Å²) in [5.74, 6) is 1.40. The predicted molar refractivity (Wildman–Crippen MR) is 105 cm³/mol. The molecule has 2 aliphatic rings. The molecule has 5 nitrogen and oxygen atoms in total. The van der Waals surface area contributed by atoms with E-state index in [0.29, 0.717) is 12.0 Å². The summed E-state index contributed by atoms with van der Waals surface area (Å²) in [4.78, 5) is 7.34. The molecule has 1 aliphatic carbocycles. The Kier molecular flexibility index (Phi) is 6.54. The average Bonchev–Trinajstić information content (AvgIpc) is 2.56. The van der Waals surface area contributed by atoms with Gasteiger partial charge in [-0.3, -0.25) is 4.90 Å². The van der Waals surface area contributed by atoms with Crippen LogP contribution in [0.1, 0.15) is 70.6 Å². The number of aliphatic hydroxyl groups excluding tert-OH is 1. The van der Waals surface area contributed by atoms with Crippen molar-refractivity contribution >= 4 is 5.82 Å². The summed E-state index contributed by atoms with van der Waals surface area (Å²) in [6.45, 7) is 11.6. The van der Waals surface area contributed by atoms with Crippen LogP contribution in [-0.2, 0) is 11.3 Å². The van der Waals surface area contributed by atoms with Gasteiger partial charge >= 0.3 is 0 Å². The number of nitrogens with zero attached hydrogens (tertiary/aromatic N) is 2. The Morgan fingerprint density at radius 1 is 1.15 bits per heavy atom. The highest BCUT2D eigenvalue weighted by Gasteiger charge is 2.23. The molecule has 5 heteroatoms. The lowest BCUT2D eigenvalue weighted by atomic mass is 9.93. The number of pyridine rings is 1. The highest BCUT2D eigenvalue weighted by molar-refractivity contribution is 5.41. The molecule has 3 rings (SSSR count). The molecule has 2 heterocycles. The van der Waals surface area contributed by atoms with Crippen LogP contribution in [0.3, 0.4) is 0 Å². The molecule has 1 aromatic rings. The summed E-state index contributed by atoms with van der Waals surface area (Å²) in [5.41, 5.74) is 2.47. The van der Waals surface area contributed by atoms with Gasteiger partial charge in [-0.1, -0.05) is 13.8 Å². The van der Waals surface area contributed by atoms with Crippen LogP contribution in [0.25, 0.3) is 0 Å². The summed E-state index contributed by atoms with van der Waals surface area (Å²) in [6.07, 6.45) is 4.26. The van der Waals surface area contributed by atoms with E-state index >= 15 is 0 Å². The first-order valence-corrected chi connectivity index (χ1v) is 10.2. The summed E-state index contributed by atoms with van der Waals surface area (Å²) in [6, 6.07) is 4.89. The molecule has 0 spiro atoms. The third kappa shape index (κ3) is 5.41. The van der Waals surface area contributed by atoms with Crippen LogP contribution in [-0.4, -0.2) is 52.4 Å². The fourth-order valence-electron chi connectivity index (χ4n) is 4.17. The number of nitrogens with one attached hydrogen (secondary N) is 1. The Morgan fingerprint density at radius 2 is 1.81 bits per heavy atom. The van der Waals surface area contributed by atoms with Crippen LogP contribution in [0.15, 0.2) is 12.1 Å². The second-order valence-corrected chi connectivity index (χ2v) is 8.54. The first-order valence-electron chi connectivity index (χ1n) is 10.2. The number of aromatic nitrogens is 1. The normalized spacial score (nSPS) is 30.5. The second-order valence-electron chi connectivity index (χ2n) is 8.54. The van der Waals surface area contributed by atoms with Crippen LogP contribution < -0.4 is 5.32 Å². The molecule has 0 unspecified atom stereocenters. The molecule has 1 saturated heterocycles. The van der Waals surface area contributed by atoms with Crippen molar-refractivity contribution in [3.8, 4) is 0 Å². The topological polar surface area (TPSA) is 57.6 Å². The average molecular weight is 362 g/mol. The molecule has 2 N–H and O–H groups in total. The Labute approximate surface area is 158 Å². The fraction of sp³-hybridized carbons (Fsp3) is 0.762. The van der Waals surface area contributed by atoms with Crippen LogP contribution in [0.4, 0.5) is 5.82 Å². The molecule has 2 fully saturated rings. The van der Waals surface area contributed by atoms with Gasteiger partial charge in [-0.05, 0) is 63.1 Å². The van der Waals surface area contributed by atoms with Gasteiger partial charge in [0.1, 0.15) is 5.82 Å². The molecule has 1 aromatic heterocycles. The highest BCUT2D eigenvalue weighted by atomic mass is 16.5. The zero-order chi connectivity index (χ0) is 18.7. The maximum Gasteiger partial charge on any atom is 0.126 e. The van der Waals surface area contributed by atoms with E-state index in [4.69, 9.17) is 9.72 Å². The molecule has 26 heavy (non-hydrogen) atoms. The molecule has 0 aromatic carbocycles. The van der Waals surface area contributed by atoms with E-state index in [1.165, 1.54) is 5.56 Å². The fourth-order valence-corrected chi connectivity index (χ4v) is 4.17. The van der Waals surface area contributed by atoms with Crippen LogP contribution in [0, 0.1) is 0 Å². The lowest BCUT2D eigenvalue weighted by molar-refractivity contribution is -0.0704. The Bertz CT molecular complexity index is 575. The van der Waals surface area contributed by atoms with Gasteiger partial charge in [-0.25, -0.2) is 4.98 Å². The van der Waals surface area contributed by atoms with Crippen molar-refractivity contribution in [2.45, 2.75) is 90.2 Å². The smallest absolute Gasteiger partial charge is 0.126 e. The van der Waals surface area contributed by atoms with Gasteiger partial charge in [0.15, 0.2) is 0 Å². The second kappa shape index (κ2) is 8.68. The highest BCUT2D eigenvalue weighted by Crippen LogP contribution is 2.25. The zero-order valence-electron chi connectivity index (χ0n) is 16.7. The quantitative estimate of drug-likeness (QED) is 0.840. The third-order valence-electron chi connectivity index (χ3n) is 5.45. The first kappa shape index (κ1) is 19.6. The summed E-state index contributed by atoms with van der Waals surface area (Å²) in [7, 11) is 0. The molecule has 1 saturated carbocycles. The summed E-state index contributed by atoms with van der Waals surface area (Å²) >= 11 is 0. The Morgan fingerprint density at radius 3 is 2.42 bits per heavy atom. The van der Waals surface area contributed by atoms with Crippen molar-refractivity contribution in [1.29, 1.82) is 0 Å². The van der Waals surface area contributed by atoms with Gasteiger partial charge in [-0.2, -0.15) is 0 Å². The maximum atomic E-state index is 9.72. The molecule has 0 amide bonds. The van der Waals surface area contributed by atoms with E-state index in [1.807, 2.05) is 0 Å². The molecular formula is C21H35N3O2. The summed E-state index contributed by atoms with van der Waals surface area (Å²) < 4.78 is 5.86. The standard InChI is InChI=1S/C21H35N3O2/c1-14(2)20-9-17(13-24-11-15(3)26-16(4)12-24)10-21(23-20)22-18-5-7-19(25)8-6-18/h9-10,14-16,18-19,25H,5-8,11-13H2,1-4H3,(H,22,23)/t15-,16+,18-,19-. The Hall–Kier alpha value is -1.17. The number of rotatable bonds is 5. The molecule has 1 aliphatic heterocycles. The number of hydrogen-bond acceptors (Lipinski definition) is 5. The van der Waals surface area contributed by atoms with E-state index in [2.05, 4.69) is 50.0 Å². The van der Waals surface area contributed by atoms with Crippen LogP contribution in [0.2, 0.25) is 0 Å². The van der Waals surface area contributed by atoms with Gasteiger partial charge in [0.25, 0.3) is 0 Å². The van der Waals surface area contributed by atoms with Crippen LogP contribution >= 0.6 is 0 Å². The predicted octanol–water partition coefficient (Wildman–Crippen LogP) is 3.53. The monoisotopic (exact) mass is 361 g/mol. The van der Waals surface area contributed by atoms with Crippen LogP contribution in [0.5, 0.6) is 0 Å². The van der Waals surface area contributed by atoms with Gasteiger partial charge in [-0.15, -0.1) is 0 Å². The van der Waals surface area contributed by atoms with Gasteiger partial charge < -0.3 is 15.2 Å². The van der Waals surface area contributed by atoms with Gasteiger partial charge in [0.2, 0.25) is 0 Å². The van der Waals surface area contributed by atoms with Gasteiger partial charge in [0, 0.05) is 31.4 Å². The lowest BCUT2D eigenvalue weighted by Gasteiger charge is -2.35. The molecule has 2 atom stereocenters. The first-order chi connectivity index (χ1) is 12.4.